The molecule has 1 atom stereocenters. The molecule has 0 unspecified atom stereocenters. The van der Waals surface area contributed by atoms with Gasteiger partial charge in [0, 0.05) is 17.7 Å². The lowest BCUT2D eigenvalue weighted by Crippen LogP contribution is -2.16. The van der Waals surface area contributed by atoms with E-state index >= 15 is 0 Å². The minimum Gasteiger partial charge on any atom is -0.378 e. The van der Waals surface area contributed by atoms with E-state index < -0.39 is 0 Å². The highest BCUT2D eigenvalue weighted by Crippen LogP contribution is 2.27. The van der Waals surface area contributed by atoms with Crippen molar-refractivity contribution in [2.24, 2.45) is 0 Å². The zero-order valence-corrected chi connectivity index (χ0v) is 18.2. The molecule has 0 aliphatic heterocycles. The normalized spacial score (nSPS) is 12.4. The summed E-state index contributed by atoms with van der Waals surface area (Å²) in [6.07, 6.45) is 1.25. The van der Waals surface area contributed by atoms with Gasteiger partial charge in [0.1, 0.15) is 5.82 Å². The second-order valence-corrected chi connectivity index (χ2v) is 8.76. The molecule has 0 spiro atoms. The summed E-state index contributed by atoms with van der Waals surface area (Å²) in [7, 11) is 0. The van der Waals surface area contributed by atoms with Gasteiger partial charge < -0.3 is 5.32 Å². The SMILES string of the molecule is CCc1ccc([C@@H](CC(=O)c2ccc(C(C)(C)C)cc2)Nc2cccc(F)c2)cc1. The van der Waals surface area contributed by atoms with Gasteiger partial charge in [-0.15, -0.1) is 0 Å². The molecule has 3 aromatic carbocycles. The highest BCUT2D eigenvalue weighted by molar-refractivity contribution is 5.96. The van der Waals surface area contributed by atoms with Crippen LogP contribution in [0.2, 0.25) is 0 Å². The van der Waals surface area contributed by atoms with Gasteiger partial charge in [-0.25, -0.2) is 4.39 Å². The quantitative estimate of drug-likeness (QED) is 0.426. The number of halogens is 1. The summed E-state index contributed by atoms with van der Waals surface area (Å²) >= 11 is 0. The fourth-order valence-corrected chi connectivity index (χ4v) is 3.48. The fraction of sp³-hybridized carbons (Fsp3) is 0.296. The molecule has 0 aliphatic rings. The zero-order valence-electron chi connectivity index (χ0n) is 18.2. The van der Waals surface area contributed by atoms with Crippen molar-refractivity contribution in [2.45, 2.75) is 52.0 Å². The Morgan fingerprint density at radius 1 is 0.967 bits per heavy atom. The Bertz CT molecular complexity index is 985. The summed E-state index contributed by atoms with van der Waals surface area (Å²) in [5.41, 5.74) is 4.85. The Morgan fingerprint density at radius 2 is 1.63 bits per heavy atom. The number of ketones is 1. The number of hydrogen-bond acceptors (Lipinski definition) is 2. The van der Waals surface area contributed by atoms with Crippen molar-refractivity contribution in [1.29, 1.82) is 0 Å². The molecule has 0 aromatic heterocycles. The largest absolute Gasteiger partial charge is 0.378 e. The molecule has 2 nitrogen and oxygen atoms in total. The van der Waals surface area contributed by atoms with E-state index in [2.05, 4.69) is 45.1 Å². The minimum atomic E-state index is -0.302. The van der Waals surface area contributed by atoms with Crippen LogP contribution < -0.4 is 5.32 Å². The number of hydrogen-bond donors (Lipinski definition) is 1. The van der Waals surface area contributed by atoms with E-state index in [-0.39, 0.29) is 29.5 Å². The van der Waals surface area contributed by atoms with Gasteiger partial charge in [0.2, 0.25) is 0 Å². The fourth-order valence-electron chi connectivity index (χ4n) is 3.48. The van der Waals surface area contributed by atoms with Gasteiger partial charge in [-0.2, -0.15) is 0 Å². The van der Waals surface area contributed by atoms with Crippen LogP contribution in [0.15, 0.2) is 72.8 Å². The average Bonchev–Trinajstić information content (AvgIpc) is 2.73. The molecule has 0 amide bonds. The molecule has 156 valence electrons. The van der Waals surface area contributed by atoms with Crippen LogP contribution in [-0.2, 0) is 11.8 Å². The van der Waals surface area contributed by atoms with Gasteiger partial charge >= 0.3 is 0 Å². The Morgan fingerprint density at radius 3 is 2.20 bits per heavy atom. The summed E-state index contributed by atoms with van der Waals surface area (Å²) in [6, 6.07) is 22.2. The van der Waals surface area contributed by atoms with Crippen molar-refractivity contribution in [3.8, 4) is 0 Å². The van der Waals surface area contributed by atoms with Crippen LogP contribution in [0.3, 0.4) is 0 Å². The van der Waals surface area contributed by atoms with Crippen molar-refractivity contribution < 1.29 is 9.18 Å². The van der Waals surface area contributed by atoms with Crippen LogP contribution in [0.1, 0.15) is 67.2 Å². The first-order chi connectivity index (χ1) is 14.3. The second kappa shape index (κ2) is 9.25. The molecule has 0 saturated carbocycles. The van der Waals surface area contributed by atoms with Crippen molar-refractivity contribution in [2.75, 3.05) is 5.32 Å². The topological polar surface area (TPSA) is 29.1 Å². The summed E-state index contributed by atoms with van der Waals surface area (Å²) < 4.78 is 13.7. The van der Waals surface area contributed by atoms with Crippen molar-refractivity contribution >= 4 is 11.5 Å². The number of anilines is 1. The molecule has 30 heavy (non-hydrogen) atoms. The van der Waals surface area contributed by atoms with Crippen LogP contribution in [0.5, 0.6) is 0 Å². The van der Waals surface area contributed by atoms with E-state index in [0.29, 0.717) is 11.3 Å². The van der Waals surface area contributed by atoms with Gasteiger partial charge in [-0.1, -0.05) is 82.3 Å². The first-order valence-corrected chi connectivity index (χ1v) is 10.5. The van der Waals surface area contributed by atoms with Crippen molar-refractivity contribution in [3.63, 3.8) is 0 Å². The van der Waals surface area contributed by atoms with E-state index in [4.69, 9.17) is 0 Å². The van der Waals surface area contributed by atoms with Gasteiger partial charge in [-0.05, 0) is 46.7 Å². The van der Waals surface area contributed by atoms with Gasteiger partial charge in [0.25, 0.3) is 0 Å². The lowest BCUT2D eigenvalue weighted by atomic mass is 9.86. The first-order valence-electron chi connectivity index (χ1n) is 10.5. The Hall–Kier alpha value is -2.94. The molecular weight excluding hydrogens is 373 g/mol. The summed E-state index contributed by atoms with van der Waals surface area (Å²) in [6.45, 7) is 8.58. The Kier molecular flexibility index (Phi) is 6.71. The highest BCUT2D eigenvalue weighted by atomic mass is 19.1. The van der Waals surface area contributed by atoms with E-state index in [1.807, 2.05) is 42.5 Å². The summed E-state index contributed by atoms with van der Waals surface area (Å²) in [4.78, 5) is 13.1. The molecule has 0 saturated heterocycles. The van der Waals surface area contributed by atoms with Crippen LogP contribution in [0.4, 0.5) is 10.1 Å². The lowest BCUT2D eigenvalue weighted by Gasteiger charge is -2.21. The highest BCUT2D eigenvalue weighted by Gasteiger charge is 2.19. The van der Waals surface area contributed by atoms with Gasteiger partial charge in [-0.3, -0.25) is 4.79 Å². The summed E-state index contributed by atoms with van der Waals surface area (Å²) in [5.74, 6) is -0.242. The smallest absolute Gasteiger partial charge is 0.165 e. The number of benzene rings is 3. The summed E-state index contributed by atoms with van der Waals surface area (Å²) in [5, 5.41) is 3.35. The van der Waals surface area contributed by atoms with Gasteiger partial charge in [0.15, 0.2) is 5.78 Å². The molecule has 3 heteroatoms. The predicted octanol–water partition coefficient (Wildman–Crippen LogP) is 7.11. The zero-order chi connectivity index (χ0) is 21.7. The molecule has 0 fully saturated rings. The molecular formula is C27H30FNO. The standard InChI is InChI=1S/C27H30FNO/c1-5-19-9-11-20(12-10-19)25(29-24-8-6-7-23(28)17-24)18-26(30)21-13-15-22(16-14-21)27(2,3)4/h6-17,25,29H,5,18H2,1-4H3/t25-/m1/s1. The molecule has 1 N–H and O–H groups in total. The number of carbonyl (C=O) groups is 1. The number of aryl methyl sites for hydroxylation is 1. The van der Waals surface area contributed by atoms with Crippen molar-refractivity contribution in [1.82, 2.24) is 0 Å². The maximum absolute atomic E-state index is 13.7. The van der Waals surface area contributed by atoms with Gasteiger partial charge in [0.05, 0.1) is 6.04 Å². The predicted molar refractivity (Wildman–Crippen MR) is 123 cm³/mol. The molecule has 0 aliphatic carbocycles. The van der Waals surface area contributed by atoms with E-state index in [0.717, 1.165) is 12.0 Å². The van der Waals surface area contributed by atoms with E-state index in [9.17, 15) is 9.18 Å². The third-order valence-electron chi connectivity index (χ3n) is 5.42. The number of carbonyl (C=O) groups excluding carboxylic acids is 1. The number of nitrogens with one attached hydrogen (secondary N) is 1. The van der Waals surface area contributed by atoms with Crippen LogP contribution >= 0.6 is 0 Å². The van der Waals surface area contributed by atoms with Crippen LogP contribution in [0.25, 0.3) is 0 Å². The molecule has 0 heterocycles. The molecule has 0 bridgehead atoms. The third kappa shape index (κ3) is 5.56. The Labute approximate surface area is 179 Å². The number of Topliss-reactive ketones (excluding diaryl/α,β-unsaturated/α-hetero) is 1. The maximum Gasteiger partial charge on any atom is 0.165 e. The number of rotatable bonds is 7. The van der Waals surface area contributed by atoms with Crippen LogP contribution in [0, 0.1) is 5.82 Å². The first kappa shape index (κ1) is 21.8. The molecule has 0 radical (unpaired) electrons. The van der Waals surface area contributed by atoms with Crippen molar-refractivity contribution in [3.05, 3.63) is 101 Å². The van der Waals surface area contributed by atoms with E-state index in [1.54, 1.807) is 6.07 Å². The lowest BCUT2D eigenvalue weighted by molar-refractivity contribution is 0.0976. The average molecular weight is 404 g/mol. The molecule has 3 aromatic rings. The monoisotopic (exact) mass is 403 g/mol. The van der Waals surface area contributed by atoms with Crippen LogP contribution in [-0.4, -0.2) is 5.78 Å². The van der Waals surface area contributed by atoms with E-state index in [1.165, 1.54) is 23.3 Å². The third-order valence-corrected chi connectivity index (χ3v) is 5.42. The minimum absolute atomic E-state index is 0.0457. The Balaban J connectivity index is 1.84. The second-order valence-electron chi connectivity index (χ2n) is 8.76. The maximum atomic E-state index is 13.7. The molecule has 3 rings (SSSR count).